The van der Waals surface area contributed by atoms with E-state index in [4.69, 9.17) is 15.2 Å². The van der Waals surface area contributed by atoms with Crippen molar-refractivity contribution < 1.29 is 19.1 Å². The number of nitrogens with zero attached hydrogens (tertiary/aromatic N) is 1. The maximum absolute atomic E-state index is 13.1. The Labute approximate surface area is 172 Å². The first-order chi connectivity index (χ1) is 14.5. The van der Waals surface area contributed by atoms with Crippen molar-refractivity contribution in [1.29, 1.82) is 0 Å². The zero-order valence-corrected chi connectivity index (χ0v) is 16.4. The van der Waals surface area contributed by atoms with Crippen molar-refractivity contribution in [3.63, 3.8) is 0 Å². The van der Waals surface area contributed by atoms with E-state index in [-0.39, 0.29) is 5.78 Å². The third-order valence-corrected chi connectivity index (χ3v) is 4.91. The van der Waals surface area contributed by atoms with Gasteiger partial charge in [0.15, 0.2) is 5.78 Å². The number of fused-ring (bicyclic) bond motifs is 1. The summed E-state index contributed by atoms with van der Waals surface area (Å²) >= 11 is 0. The number of aromatic amines is 1. The molecule has 0 saturated heterocycles. The molecule has 0 unspecified atom stereocenters. The van der Waals surface area contributed by atoms with E-state index in [0.29, 0.717) is 50.3 Å². The van der Waals surface area contributed by atoms with Crippen molar-refractivity contribution in [3.05, 3.63) is 77.6 Å². The van der Waals surface area contributed by atoms with Crippen molar-refractivity contribution in [2.75, 3.05) is 14.2 Å². The zero-order chi connectivity index (χ0) is 21.3. The van der Waals surface area contributed by atoms with Gasteiger partial charge in [0.2, 0.25) is 5.91 Å². The van der Waals surface area contributed by atoms with Crippen LogP contribution < -0.4 is 15.2 Å². The van der Waals surface area contributed by atoms with Crippen LogP contribution in [-0.4, -0.2) is 35.9 Å². The minimum atomic E-state index is -0.578. The molecule has 0 bridgehead atoms. The molecular weight excluding hydrogens is 382 g/mol. The zero-order valence-electron chi connectivity index (χ0n) is 16.4. The summed E-state index contributed by atoms with van der Waals surface area (Å²) in [6.07, 6.45) is 3.26. The van der Waals surface area contributed by atoms with Crippen LogP contribution in [0.15, 0.2) is 60.9 Å². The van der Waals surface area contributed by atoms with Crippen molar-refractivity contribution in [2.24, 2.45) is 5.73 Å². The third kappa shape index (κ3) is 3.37. The fourth-order valence-electron chi connectivity index (χ4n) is 3.36. The molecule has 2 aromatic heterocycles. The second kappa shape index (κ2) is 7.71. The Morgan fingerprint density at radius 3 is 2.47 bits per heavy atom. The monoisotopic (exact) mass is 401 g/mol. The smallest absolute Gasteiger partial charge is 0.249 e. The number of aromatic nitrogens is 2. The summed E-state index contributed by atoms with van der Waals surface area (Å²) in [5.74, 6) is 0.385. The highest BCUT2D eigenvalue weighted by atomic mass is 16.5. The van der Waals surface area contributed by atoms with Gasteiger partial charge in [0, 0.05) is 34.5 Å². The lowest BCUT2D eigenvalue weighted by Gasteiger charge is -2.09. The lowest BCUT2D eigenvalue weighted by atomic mass is 9.97. The van der Waals surface area contributed by atoms with Crippen LogP contribution in [0.3, 0.4) is 0 Å². The Kier molecular flexibility index (Phi) is 4.93. The molecule has 7 heteroatoms. The number of amides is 1. The second-order valence-electron chi connectivity index (χ2n) is 6.66. The summed E-state index contributed by atoms with van der Waals surface area (Å²) in [5.41, 5.74) is 8.69. The number of carbonyl (C=O) groups is 2. The number of methoxy groups -OCH3 is 2. The molecule has 150 valence electrons. The Hall–Kier alpha value is -4.13. The number of hydrogen-bond donors (Lipinski definition) is 2. The van der Waals surface area contributed by atoms with E-state index in [0.717, 1.165) is 0 Å². The highest BCUT2D eigenvalue weighted by molar-refractivity contribution is 6.16. The lowest BCUT2D eigenvalue weighted by molar-refractivity contribution is 0.0998. The fraction of sp³-hybridized carbons (Fsp3) is 0.0870. The first-order valence-corrected chi connectivity index (χ1v) is 9.16. The summed E-state index contributed by atoms with van der Waals surface area (Å²) in [4.78, 5) is 32.5. The number of nitrogens with two attached hydrogens (primary N) is 1. The van der Waals surface area contributed by atoms with Gasteiger partial charge in [-0.25, -0.2) is 4.98 Å². The number of ketones is 1. The average Bonchev–Trinajstić information content (AvgIpc) is 3.21. The standard InChI is InChI=1S/C23H19N3O4/c1-29-15-5-3-4-13(8-15)21(27)20-12-26-23-19(20)9-14(11-25-23)17-7-6-16(30-2)10-18(17)22(24)28/h3-12H,1-2H3,(H2,24,28)(H,25,26). The fourth-order valence-corrected chi connectivity index (χ4v) is 3.36. The second-order valence-corrected chi connectivity index (χ2v) is 6.66. The van der Waals surface area contributed by atoms with Crippen LogP contribution in [0.25, 0.3) is 22.2 Å². The number of primary amides is 1. The maximum atomic E-state index is 13.1. The third-order valence-electron chi connectivity index (χ3n) is 4.91. The van der Waals surface area contributed by atoms with Gasteiger partial charge >= 0.3 is 0 Å². The number of hydrogen-bond acceptors (Lipinski definition) is 5. The van der Waals surface area contributed by atoms with Gasteiger partial charge in [-0.3, -0.25) is 9.59 Å². The molecule has 0 radical (unpaired) electrons. The first-order valence-electron chi connectivity index (χ1n) is 9.16. The van der Waals surface area contributed by atoms with Gasteiger partial charge in [-0.2, -0.15) is 0 Å². The van der Waals surface area contributed by atoms with E-state index >= 15 is 0 Å². The lowest BCUT2D eigenvalue weighted by Crippen LogP contribution is -2.12. The Bertz CT molecular complexity index is 1280. The topological polar surface area (TPSA) is 107 Å². The van der Waals surface area contributed by atoms with E-state index in [2.05, 4.69) is 9.97 Å². The summed E-state index contributed by atoms with van der Waals surface area (Å²) in [6.45, 7) is 0. The van der Waals surface area contributed by atoms with Gasteiger partial charge in [-0.05, 0) is 42.0 Å². The van der Waals surface area contributed by atoms with E-state index in [1.165, 1.54) is 7.11 Å². The molecule has 4 aromatic rings. The van der Waals surface area contributed by atoms with E-state index in [1.807, 2.05) is 6.07 Å². The summed E-state index contributed by atoms with van der Waals surface area (Å²) in [7, 11) is 3.07. The predicted octanol–water partition coefficient (Wildman–Crippen LogP) is 3.58. The van der Waals surface area contributed by atoms with Gasteiger partial charge in [0.05, 0.1) is 19.8 Å². The maximum Gasteiger partial charge on any atom is 0.249 e. The molecular formula is C23H19N3O4. The predicted molar refractivity (Wildman–Crippen MR) is 113 cm³/mol. The molecule has 1 amide bonds. The normalized spacial score (nSPS) is 10.7. The van der Waals surface area contributed by atoms with Gasteiger partial charge < -0.3 is 20.2 Å². The summed E-state index contributed by atoms with van der Waals surface area (Å²) in [6, 6.07) is 13.9. The van der Waals surface area contributed by atoms with Crippen LogP contribution in [0.4, 0.5) is 0 Å². The van der Waals surface area contributed by atoms with Crippen molar-refractivity contribution >= 4 is 22.7 Å². The quantitative estimate of drug-likeness (QED) is 0.480. The number of rotatable bonds is 6. The van der Waals surface area contributed by atoms with Crippen LogP contribution in [-0.2, 0) is 0 Å². The Morgan fingerprint density at radius 2 is 1.73 bits per heavy atom. The molecule has 2 aromatic carbocycles. The molecule has 0 saturated carbocycles. The Morgan fingerprint density at radius 1 is 0.967 bits per heavy atom. The van der Waals surface area contributed by atoms with Gasteiger partial charge in [-0.15, -0.1) is 0 Å². The van der Waals surface area contributed by atoms with Crippen molar-refractivity contribution in [1.82, 2.24) is 9.97 Å². The SMILES string of the molecule is COc1cccc(C(=O)c2c[nH]c3ncc(-c4ccc(OC)cc4C(N)=O)cc23)c1. The molecule has 0 atom stereocenters. The molecule has 3 N–H and O–H groups in total. The largest absolute Gasteiger partial charge is 0.497 e. The molecule has 7 nitrogen and oxygen atoms in total. The number of H-pyrrole nitrogens is 1. The number of ether oxygens (including phenoxy) is 2. The summed E-state index contributed by atoms with van der Waals surface area (Å²) in [5, 5.41) is 0.645. The molecule has 0 spiro atoms. The van der Waals surface area contributed by atoms with Crippen LogP contribution in [0.1, 0.15) is 26.3 Å². The molecule has 2 heterocycles. The molecule has 0 fully saturated rings. The highest BCUT2D eigenvalue weighted by Gasteiger charge is 2.18. The number of carbonyl (C=O) groups excluding carboxylic acids is 2. The first kappa shape index (κ1) is 19.2. The average molecular weight is 401 g/mol. The number of nitrogens with one attached hydrogen (secondary N) is 1. The number of pyridine rings is 1. The highest BCUT2D eigenvalue weighted by Crippen LogP contribution is 2.30. The van der Waals surface area contributed by atoms with Crippen LogP contribution in [0.5, 0.6) is 11.5 Å². The Balaban J connectivity index is 1.83. The molecule has 30 heavy (non-hydrogen) atoms. The van der Waals surface area contributed by atoms with Gasteiger partial charge in [0.25, 0.3) is 0 Å². The molecule has 0 aliphatic heterocycles. The summed E-state index contributed by atoms with van der Waals surface area (Å²) < 4.78 is 10.4. The molecule has 0 aliphatic carbocycles. The minimum absolute atomic E-state index is 0.163. The number of benzene rings is 2. The van der Waals surface area contributed by atoms with Crippen molar-refractivity contribution in [3.8, 4) is 22.6 Å². The molecule has 0 aliphatic rings. The van der Waals surface area contributed by atoms with Crippen LogP contribution >= 0.6 is 0 Å². The van der Waals surface area contributed by atoms with E-state index in [9.17, 15) is 9.59 Å². The van der Waals surface area contributed by atoms with Gasteiger partial charge in [0.1, 0.15) is 17.1 Å². The van der Waals surface area contributed by atoms with E-state index in [1.54, 1.807) is 62.0 Å². The van der Waals surface area contributed by atoms with Gasteiger partial charge in [-0.1, -0.05) is 12.1 Å². The van der Waals surface area contributed by atoms with Crippen LogP contribution in [0, 0.1) is 0 Å². The van der Waals surface area contributed by atoms with Crippen molar-refractivity contribution in [2.45, 2.75) is 0 Å². The van der Waals surface area contributed by atoms with Crippen LogP contribution in [0.2, 0.25) is 0 Å². The molecule has 4 rings (SSSR count). The minimum Gasteiger partial charge on any atom is -0.497 e. The van der Waals surface area contributed by atoms with E-state index < -0.39 is 5.91 Å².